The van der Waals surface area contributed by atoms with Crippen LogP contribution in [0.1, 0.15) is 5.69 Å². The van der Waals surface area contributed by atoms with Gasteiger partial charge in [-0.2, -0.15) is 0 Å². The van der Waals surface area contributed by atoms with Gasteiger partial charge in [0.25, 0.3) is 0 Å². The zero-order valence-corrected chi connectivity index (χ0v) is 14.5. The van der Waals surface area contributed by atoms with Crippen LogP contribution in [0.4, 0.5) is 11.4 Å². The molecule has 0 saturated carbocycles. The summed E-state index contributed by atoms with van der Waals surface area (Å²) in [6.45, 7) is 0. The molecule has 1 aromatic heterocycles. The van der Waals surface area contributed by atoms with Crippen molar-refractivity contribution in [2.45, 2.75) is 6.42 Å². The Hall–Kier alpha value is -2.85. The van der Waals surface area contributed by atoms with Crippen LogP contribution in [-0.2, 0) is 6.42 Å². The fourth-order valence-corrected chi connectivity index (χ4v) is 2.72. The number of nitrogens with one attached hydrogen (secondary N) is 1. The molecule has 0 aliphatic rings. The molecule has 0 aliphatic carbocycles. The maximum absolute atomic E-state index is 9.67. The molecule has 0 bridgehead atoms. The molecular weight excluding hydrogens is 334 g/mol. The van der Waals surface area contributed by atoms with Crippen molar-refractivity contribution in [1.29, 1.82) is 0 Å². The first-order chi connectivity index (χ1) is 12.1. The third-order valence-electron chi connectivity index (χ3n) is 3.67. The maximum Gasteiger partial charge on any atom is 0.116 e. The van der Waals surface area contributed by atoms with E-state index in [0.717, 1.165) is 34.6 Å². The summed E-state index contributed by atoms with van der Waals surface area (Å²) in [5, 5.41) is 13.6. The van der Waals surface area contributed by atoms with Gasteiger partial charge in [-0.05, 0) is 53.6 Å². The number of anilines is 2. The number of pyridine rings is 1. The predicted octanol–water partition coefficient (Wildman–Crippen LogP) is 5.09. The van der Waals surface area contributed by atoms with Crippen molar-refractivity contribution >= 4 is 29.2 Å². The van der Waals surface area contributed by atoms with Gasteiger partial charge >= 0.3 is 0 Å². The van der Waals surface area contributed by atoms with E-state index in [4.69, 9.17) is 11.6 Å². The van der Waals surface area contributed by atoms with Crippen molar-refractivity contribution in [3.8, 4) is 16.9 Å². The summed E-state index contributed by atoms with van der Waals surface area (Å²) in [4.78, 5) is 8.37. The second-order valence-corrected chi connectivity index (χ2v) is 6.02. The largest absolute Gasteiger partial charge is 0.508 e. The highest BCUT2D eigenvalue weighted by molar-refractivity contribution is 6.31. The lowest BCUT2D eigenvalue weighted by molar-refractivity contribution is 0.475. The van der Waals surface area contributed by atoms with Crippen molar-refractivity contribution in [1.82, 2.24) is 4.98 Å². The summed E-state index contributed by atoms with van der Waals surface area (Å²) >= 11 is 6.26. The van der Waals surface area contributed by atoms with E-state index >= 15 is 0 Å². The van der Waals surface area contributed by atoms with Crippen molar-refractivity contribution in [2.75, 3.05) is 12.4 Å². The van der Waals surface area contributed by atoms with Gasteiger partial charge in [-0.15, -0.1) is 0 Å². The number of nitrogens with zero attached hydrogens (tertiary/aromatic N) is 2. The molecule has 2 aromatic carbocycles. The van der Waals surface area contributed by atoms with Crippen LogP contribution in [0.5, 0.6) is 5.75 Å². The third kappa shape index (κ3) is 4.58. The second kappa shape index (κ2) is 7.81. The summed E-state index contributed by atoms with van der Waals surface area (Å²) in [6.07, 6.45) is 4.33. The van der Waals surface area contributed by atoms with Crippen LogP contribution in [0.2, 0.25) is 5.02 Å². The van der Waals surface area contributed by atoms with Crippen molar-refractivity contribution in [3.63, 3.8) is 0 Å². The Morgan fingerprint density at radius 3 is 2.68 bits per heavy atom. The number of phenols is 1. The number of rotatable bonds is 5. The van der Waals surface area contributed by atoms with Gasteiger partial charge in [-0.1, -0.05) is 23.7 Å². The third-order valence-corrected chi connectivity index (χ3v) is 3.89. The number of phenolic OH excluding ortho intramolecular Hbond substituents is 1. The first kappa shape index (κ1) is 17.0. The molecule has 0 unspecified atom stereocenters. The molecule has 3 rings (SSSR count). The lowest BCUT2D eigenvalue weighted by atomic mass is 10.0. The van der Waals surface area contributed by atoms with Crippen LogP contribution in [0.3, 0.4) is 0 Å². The fraction of sp³-hybridized carbons (Fsp3) is 0.100. The Morgan fingerprint density at radius 2 is 1.96 bits per heavy atom. The molecule has 25 heavy (non-hydrogen) atoms. The van der Waals surface area contributed by atoms with Gasteiger partial charge in [-0.3, -0.25) is 4.98 Å². The summed E-state index contributed by atoms with van der Waals surface area (Å²) in [5.74, 6) is 0.224. The van der Waals surface area contributed by atoms with Crippen LogP contribution >= 0.6 is 11.6 Å². The molecule has 5 heteroatoms. The summed E-state index contributed by atoms with van der Waals surface area (Å²) in [7, 11) is 1.75. The van der Waals surface area contributed by atoms with Crippen molar-refractivity contribution < 1.29 is 5.11 Å². The van der Waals surface area contributed by atoms with E-state index in [1.54, 1.807) is 31.4 Å². The molecule has 0 radical (unpaired) electrons. The molecule has 1 heterocycles. The highest BCUT2D eigenvalue weighted by Crippen LogP contribution is 2.30. The summed E-state index contributed by atoms with van der Waals surface area (Å²) < 4.78 is 0. The van der Waals surface area contributed by atoms with Crippen LogP contribution < -0.4 is 5.32 Å². The first-order valence-corrected chi connectivity index (χ1v) is 8.24. The monoisotopic (exact) mass is 351 g/mol. The molecule has 3 aromatic rings. The molecule has 0 aliphatic heterocycles. The van der Waals surface area contributed by atoms with Gasteiger partial charge in [-0.25, -0.2) is 0 Å². The van der Waals surface area contributed by atoms with Gasteiger partial charge in [0, 0.05) is 36.1 Å². The Morgan fingerprint density at radius 1 is 1.08 bits per heavy atom. The molecule has 0 atom stereocenters. The van der Waals surface area contributed by atoms with E-state index in [-0.39, 0.29) is 5.75 Å². The average molecular weight is 352 g/mol. The van der Waals surface area contributed by atoms with Gasteiger partial charge < -0.3 is 15.4 Å². The SMILES string of the molecule is CN=CCc1ccc(Nc2cc(Cl)cc(-c3cccc(O)c3)c2)cn1. The van der Waals surface area contributed by atoms with Gasteiger partial charge in [0.1, 0.15) is 5.75 Å². The first-order valence-electron chi connectivity index (χ1n) is 7.86. The zero-order valence-electron chi connectivity index (χ0n) is 13.8. The number of benzene rings is 2. The number of aromatic hydroxyl groups is 1. The minimum atomic E-state index is 0.224. The number of hydrogen-bond donors (Lipinski definition) is 2. The Bertz CT molecular complexity index is 892. The molecule has 126 valence electrons. The van der Waals surface area contributed by atoms with E-state index in [9.17, 15) is 5.11 Å². The van der Waals surface area contributed by atoms with Crippen LogP contribution in [0, 0.1) is 0 Å². The smallest absolute Gasteiger partial charge is 0.116 e. The van der Waals surface area contributed by atoms with Gasteiger partial charge in [0.15, 0.2) is 0 Å². The Balaban J connectivity index is 1.83. The highest BCUT2D eigenvalue weighted by atomic mass is 35.5. The van der Waals surface area contributed by atoms with Crippen LogP contribution in [0.15, 0.2) is 65.8 Å². The normalized spacial score (nSPS) is 11.0. The summed E-state index contributed by atoms with van der Waals surface area (Å²) in [5.41, 5.74) is 4.52. The molecule has 4 nitrogen and oxygen atoms in total. The number of aliphatic imine (C=N–C) groups is 1. The van der Waals surface area contributed by atoms with Gasteiger partial charge in [0.2, 0.25) is 0 Å². The van der Waals surface area contributed by atoms with Gasteiger partial charge in [0.05, 0.1) is 11.9 Å². The number of aromatic nitrogens is 1. The molecule has 0 spiro atoms. The second-order valence-electron chi connectivity index (χ2n) is 5.59. The van der Waals surface area contributed by atoms with Crippen LogP contribution in [0.25, 0.3) is 11.1 Å². The predicted molar refractivity (Wildman–Crippen MR) is 104 cm³/mol. The maximum atomic E-state index is 9.67. The van der Waals surface area contributed by atoms with E-state index in [0.29, 0.717) is 5.02 Å². The zero-order chi connectivity index (χ0) is 17.6. The minimum absolute atomic E-state index is 0.224. The lowest BCUT2D eigenvalue weighted by Crippen LogP contribution is -1.95. The Labute approximate surface area is 151 Å². The lowest BCUT2D eigenvalue weighted by Gasteiger charge is -2.10. The molecule has 0 saturated heterocycles. The summed E-state index contributed by atoms with van der Waals surface area (Å²) in [6, 6.07) is 16.7. The highest BCUT2D eigenvalue weighted by Gasteiger charge is 2.04. The average Bonchev–Trinajstić information content (AvgIpc) is 2.61. The van der Waals surface area contributed by atoms with E-state index in [1.165, 1.54) is 0 Å². The van der Waals surface area contributed by atoms with E-state index in [1.807, 2.05) is 42.6 Å². The fourth-order valence-electron chi connectivity index (χ4n) is 2.48. The number of halogens is 1. The standard InChI is InChI=1S/C20H18ClN3O/c1-22-8-7-17-5-6-18(13-23-17)24-19-10-15(9-16(21)12-19)14-3-2-4-20(25)11-14/h2-6,8-13,24-25H,7H2,1H3. The van der Waals surface area contributed by atoms with E-state index in [2.05, 4.69) is 15.3 Å². The molecule has 2 N–H and O–H groups in total. The molecular formula is C20H18ClN3O. The minimum Gasteiger partial charge on any atom is -0.508 e. The quantitative estimate of drug-likeness (QED) is 0.629. The molecule has 0 amide bonds. The number of hydrogen-bond acceptors (Lipinski definition) is 4. The topological polar surface area (TPSA) is 57.5 Å². The van der Waals surface area contributed by atoms with Crippen LogP contribution in [-0.4, -0.2) is 23.4 Å². The van der Waals surface area contributed by atoms with Crippen molar-refractivity contribution in [2.24, 2.45) is 4.99 Å². The molecule has 0 fully saturated rings. The Kier molecular flexibility index (Phi) is 5.31. The van der Waals surface area contributed by atoms with E-state index < -0.39 is 0 Å². The van der Waals surface area contributed by atoms with Crippen molar-refractivity contribution in [3.05, 3.63) is 71.5 Å².